The Hall–Kier alpha value is -1.95. The number of aryl methyl sites for hydroxylation is 1. The van der Waals surface area contributed by atoms with Gasteiger partial charge in [-0.1, -0.05) is 11.6 Å². The molecule has 1 aliphatic heterocycles. The van der Waals surface area contributed by atoms with Gasteiger partial charge in [0, 0.05) is 25.8 Å². The molecular weight excluding hydrogens is 316 g/mol. The number of nitrogens with zero attached hydrogens (tertiary/aromatic N) is 2. The van der Waals surface area contributed by atoms with Crippen molar-refractivity contribution in [3.05, 3.63) is 29.2 Å². The summed E-state index contributed by atoms with van der Waals surface area (Å²) >= 11 is 0. The molecule has 1 saturated heterocycles. The Kier molecular flexibility index (Phi) is 6.39. The van der Waals surface area contributed by atoms with Crippen LogP contribution >= 0.6 is 0 Å². The van der Waals surface area contributed by atoms with Crippen LogP contribution in [0.2, 0.25) is 0 Å². The highest BCUT2D eigenvalue weighted by molar-refractivity contribution is 5.92. The highest BCUT2D eigenvalue weighted by Gasteiger charge is 2.16. The molecule has 6 nitrogen and oxygen atoms in total. The average molecular weight is 344 g/mol. The standard InChI is InChI=1S/C19H28N4O2/c1-14-22-17(12-18(23-14)21-13-16-8-5-11-25-16)19(24)20-10-9-15-6-3-2-4-7-15/h6,12,16H,2-5,7-11,13H2,1H3,(H,20,24)(H,21,22,23). The number of hydrogen-bond acceptors (Lipinski definition) is 5. The van der Waals surface area contributed by atoms with Gasteiger partial charge in [0.15, 0.2) is 0 Å². The molecule has 2 aliphatic rings. The summed E-state index contributed by atoms with van der Waals surface area (Å²) in [6, 6.07) is 1.72. The van der Waals surface area contributed by atoms with Crippen molar-refractivity contribution < 1.29 is 9.53 Å². The second-order valence-electron chi connectivity index (χ2n) is 6.82. The van der Waals surface area contributed by atoms with Crippen LogP contribution in [0, 0.1) is 6.92 Å². The summed E-state index contributed by atoms with van der Waals surface area (Å²) in [5, 5.41) is 6.24. The van der Waals surface area contributed by atoms with Gasteiger partial charge in [0.1, 0.15) is 17.3 Å². The van der Waals surface area contributed by atoms with Crippen LogP contribution < -0.4 is 10.6 Å². The second kappa shape index (κ2) is 8.94. The topological polar surface area (TPSA) is 76.1 Å². The molecule has 1 aliphatic carbocycles. The van der Waals surface area contributed by atoms with Crippen LogP contribution in [-0.4, -0.2) is 41.7 Å². The Morgan fingerprint density at radius 1 is 1.32 bits per heavy atom. The molecule has 0 aromatic carbocycles. The molecule has 1 unspecified atom stereocenters. The lowest BCUT2D eigenvalue weighted by Crippen LogP contribution is -2.26. The Morgan fingerprint density at radius 3 is 3.00 bits per heavy atom. The summed E-state index contributed by atoms with van der Waals surface area (Å²) in [5.41, 5.74) is 1.88. The van der Waals surface area contributed by atoms with Crippen LogP contribution in [0.25, 0.3) is 0 Å². The van der Waals surface area contributed by atoms with Gasteiger partial charge in [-0.3, -0.25) is 4.79 Å². The van der Waals surface area contributed by atoms with Gasteiger partial charge in [-0.15, -0.1) is 0 Å². The number of aromatic nitrogens is 2. The molecule has 3 rings (SSSR count). The third kappa shape index (κ3) is 5.53. The van der Waals surface area contributed by atoms with Gasteiger partial charge >= 0.3 is 0 Å². The molecule has 1 aromatic rings. The minimum atomic E-state index is -0.137. The van der Waals surface area contributed by atoms with E-state index in [-0.39, 0.29) is 12.0 Å². The molecule has 1 fully saturated rings. The number of rotatable bonds is 7. The smallest absolute Gasteiger partial charge is 0.270 e. The molecule has 0 radical (unpaired) electrons. The zero-order valence-corrected chi connectivity index (χ0v) is 15.0. The minimum Gasteiger partial charge on any atom is -0.376 e. The van der Waals surface area contributed by atoms with Gasteiger partial charge in [0.2, 0.25) is 0 Å². The Balaban J connectivity index is 1.51. The van der Waals surface area contributed by atoms with Crippen LogP contribution in [-0.2, 0) is 4.74 Å². The molecule has 6 heteroatoms. The fourth-order valence-electron chi connectivity index (χ4n) is 3.36. The third-order valence-corrected chi connectivity index (χ3v) is 4.72. The average Bonchev–Trinajstić information content (AvgIpc) is 3.14. The van der Waals surface area contributed by atoms with Crippen molar-refractivity contribution in [2.75, 3.05) is 25.0 Å². The van der Waals surface area contributed by atoms with Crippen LogP contribution in [0.3, 0.4) is 0 Å². The van der Waals surface area contributed by atoms with Crippen molar-refractivity contribution in [1.29, 1.82) is 0 Å². The summed E-state index contributed by atoms with van der Waals surface area (Å²) in [5.74, 6) is 1.14. The number of hydrogen-bond donors (Lipinski definition) is 2. The molecule has 25 heavy (non-hydrogen) atoms. The predicted octanol–water partition coefficient (Wildman–Crippen LogP) is 3.00. The van der Waals surface area contributed by atoms with Crippen molar-refractivity contribution in [3.8, 4) is 0 Å². The highest BCUT2D eigenvalue weighted by atomic mass is 16.5. The fourth-order valence-corrected chi connectivity index (χ4v) is 3.36. The molecule has 1 atom stereocenters. The van der Waals surface area contributed by atoms with E-state index in [4.69, 9.17) is 4.74 Å². The van der Waals surface area contributed by atoms with Gasteiger partial charge in [0.25, 0.3) is 5.91 Å². The zero-order chi connectivity index (χ0) is 17.5. The Morgan fingerprint density at radius 2 is 2.24 bits per heavy atom. The molecular formula is C19H28N4O2. The Labute approximate surface area is 149 Å². The largest absolute Gasteiger partial charge is 0.376 e. The van der Waals surface area contributed by atoms with Gasteiger partial charge in [0.05, 0.1) is 6.10 Å². The molecule has 1 aromatic heterocycles. The van der Waals surface area contributed by atoms with E-state index in [1.165, 1.54) is 31.3 Å². The first-order valence-corrected chi connectivity index (χ1v) is 9.38. The number of carbonyl (C=O) groups is 1. The van der Waals surface area contributed by atoms with E-state index < -0.39 is 0 Å². The van der Waals surface area contributed by atoms with Crippen LogP contribution in [0.5, 0.6) is 0 Å². The van der Waals surface area contributed by atoms with Crippen LogP contribution in [0.15, 0.2) is 17.7 Å². The number of anilines is 1. The van der Waals surface area contributed by atoms with E-state index in [9.17, 15) is 4.79 Å². The van der Waals surface area contributed by atoms with Crippen molar-refractivity contribution in [2.24, 2.45) is 0 Å². The summed E-state index contributed by atoms with van der Waals surface area (Å²) in [6.07, 6.45) is 10.6. The lowest BCUT2D eigenvalue weighted by Gasteiger charge is -2.14. The lowest BCUT2D eigenvalue weighted by molar-refractivity contribution is 0.0948. The summed E-state index contributed by atoms with van der Waals surface area (Å²) in [7, 11) is 0. The summed E-state index contributed by atoms with van der Waals surface area (Å²) < 4.78 is 5.60. The van der Waals surface area contributed by atoms with Crippen molar-refractivity contribution >= 4 is 11.7 Å². The highest BCUT2D eigenvalue weighted by Crippen LogP contribution is 2.19. The predicted molar refractivity (Wildman–Crippen MR) is 97.7 cm³/mol. The number of amides is 1. The van der Waals surface area contributed by atoms with E-state index >= 15 is 0 Å². The first-order valence-electron chi connectivity index (χ1n) is 9.38. The minimum absolute atomic E-state index is 0.137. The molecule has 0 spiro atoms. The fraction of sp³-hybridized carbons (Fsp3) is 0.632. The second-order valence-corrected chi connectivity index (χ2v) is 6.82. The number of nitrogens with one attached hydrogen (secondary N) is 2. The van der Waals surface area contributed by atoms with E-state index in [1.54, 1.807) is 13.0 Å². The van der Waals surface area contributed by atoms with Gasteiger partial charge < -0.3 is 15.4 Å². The first kappa shape index (κ1) is 17.9. The molecule has 2 N–H and O–H groups in total. The van der Waals surface area contributed by atoms with E-state index in [2.05, 4.69) is 26.7 Å². The van der Waals surface area contributed by atoms with Gasteiger partial charge in [-0.2, -0.15) is 0 Å². The number of carbonyl (C=O) groups excluding carboxylic acids is 1. The summed E-state index contributed by atoms with van der Waals surface area (Å²) in [4.78, 5) is 21.0. The normalized spacial score (nSPS) is 20.2. The van der Waals surface area contributed by atoms with Crippen molar-refractivity contribution in [1.82, 2.24) is 15.3 Å². The number of ether oxygens (including phenoxy) is 1. The Bertz CT molecular complexity index is 624. The number of allylic oxidation sites excluding steroid dienone is 1. The maximum absolute atomic E-state index is 12.4. The molecule has 0 saturated carbocycles. The first-order chi connectivity index (χ1) is 12.2. The third-order valence-electron chi connectivity index (χ3n) is 4.72. The van der Waals surface area contributed by atoms with Crippen LogP contribution in [0.1, 0.15) is 61.3 Å². The summed E-state index contributed by atoms with van der Waals surface area (Å²) in [6.45, 7) is 4.01. The van der Waals surface area contributed by atoms with Gasteiger partial charge in [-0.05, 0) is 51.9 Å². The SMILES string of the molecule is Cc1nc(NCC2CCCO2)cc(C(=O)NCCC2=CCCCC2)n1. The molecule has 1 amide bonds. The molecule has 2 heterocycles. The van der Waals surface area contributed by atoms with E-state index in [0.717, 1.165) is 25.9 Å². The lowest BCUT2D eigenvalue weighted by atomic mass is 9.97. The maximum Gasteiger partial charge on any atom is 0.270 e. The van der Waals surface area contributed by atoms with Crippen molar-refractivity contribution in [2.45, 2.75) is 58.0 Å². The monoisotopic (exact) mass is 344 g/mol. The molecule has 0 bridgehead atoms. The maximum atomic E-state index is 12.4. The van der Waals surface area contributed by atoms with E-state index in [0.29, 0.717) is 30.4 Å². The van der Waals surface area contributed by atoms with Crippen LogP contribution in [0.4, 0.5) is 5.82 Å². The van der Waals surface area contributed by atoms with Gasteiger partial charge in [-0.25, -0.2) is 9.97 Å². The van der Waals surface area contributed by atoms with E-state index in [1.807, 2.05) is 0 Å². The van der Waals surface area contributed by atoms with Crippen molar-refractivity contribution in [3.63, 3.8) is 0 Å². The quantitative estimate of drug-likeness (QED) is 0.744. The zero-order valence-electron chi connectivity index (χ0n) is 15.0. The molecule has 136 valence electrons.